The standard InChI is InChI=1S/C9H19N2O2.3C4H9.Sn/c1-9(2,3)13-8(12)11(4)7-5-6-10;3*1-3-4-2;/h4-7,10H2,1-3H3;3*1,3-4H2,2H3;. The number of rotatable bonds is 14. The fraction of sp³-hybridized carbons (Fsp3) is 0.952. The summed E-state index contributed by atoms with van der Waals surface area (Å²) >= 11 is -2.42. The van der Waals surface area contributed by atoms with Crippen LogP contribution in [0.4, 0.5) is 4.79 Å². The topological polar surface area (TPSA) is 55.6 Å². The maximum atomic E-state index is 12.9. The molecule has 0 atom stereocenters. The summed E-state index contributed by atoms with van der Waals surface area (Å²) < 4.78 is 11.0. The van der Waals surface area contributed by atoms with E-state index in [9.17, 15) is 4.79 Å². The zero-order valence-electron chi connectivity index (χ0n) is 18.5. The molecule has 0 fully saturated rings. The van der Waals surface area contributed by atoms with Gasteiger partial charge < -0.3 is 0 Å². The first-order chi connectivity index (χ1) is 12.2. The molecule has 0 aliphatic carbocycles. The minimum atomic E-state index is -2.42. The Bertz CT molecular complexity index is 348. The molecule has 0 aromatic heterocycles. The summed E-state index contributed by atoms with van der Waals surface area (Å²) in [4.78, 5) is 14.9. The Kier molecular flexibility index (Phi) is 14.1. The second-order valence-electron chi connectivity index (χ2n) is 8.85. The van der Waals surface area contributed by atoms with Crippen molar-refractivity contribution in [3.8, 4) is 0 Å². The van der Waals surface area contributed by atoms with Crippen molar-refractivity contribution >= 4 is 24.5 Å². The van der Waals surface area contributed by atoms with E-state index in [0.717, 1.165) is 17.5 Å². The van der Waals surface area contributed by atoms with Crippen molar-refractivity contribution in [1.29, 1.82) is 0 Å². The van der Waals surface area contributed by atoms with E-state index in [4.69, 9.17) is 10.5 Å². The van der Waals surface area contributed by atoms with E-state index in [1.807, 2.05) is 25.7 Å². The number of unbranched alkanes of at least 4 members (excludes halogenated alkanes) is 3. The summed E-state index contributed by atoms with van der Waals surface area (Å²) in [6, 6.07) is 0. The van der Waals surface area contributed by atoms with Crippen molar-refractivity contribution in [2.24, 2.45) is 5.73 Å². The molecular weight excluding hydrogens is 431 g/mol. The average Bonchev–Trinajstić information content (AvgIpc) is 2.57. The first kappa shape index (κ1) is 26.0. The van der Waals surface area contributed by atoms with Crippen LogP contribution in [0.15, 0.2) is 0 Å². The molecule has 0 rings (SSSR count). The van der Waals surface area contributed by atoms with Gasteiger partial charge in [-0.05, 0) is 0 Å². The van der Waals surface area contributed by atoms with Gasteiger partial charge in [0.25, 0.3) is 0 Å². The van der Waals surface area contributed by atoms with Crippen LogP contribution in [-0.2, 0) is 4.74 Å². The Hall–Kier alpha value is 0.0287. The molecule has 0 aromatic rings. The summed E-state index contributed by atoms with van der Waals surface area (Å²) in [5.41, 5.74) is 5.31. The number of nitrogens with zero attached hydrogens (tertiary/aromatic N) is 1. The predicted molar refractivity (Wildman–Crippen MR) is 116 cm³/mol. The van der Waals surface area contributed by atoms with Gasteiger partial charge in [0.05, 0.1) is 0 Å². The molecule has 4 nitrogen and oxygen atoms in total. The van der Waals surface area contributed by atoms with Crippen LogP contribution >= 0.6 is 0 Å². The summed E-state index contributed by atoms with van der Waals surface area (Å²) in [6.45, 7) is 14.1. The van der Waals surface area contributed by atoms with Crippen LogP contribution in [0, 0.1) is 0 Å². The number of carbonyl (C=O) groups excluding carboxylic acids is 1. The van der Waals surface area contributed by atoms with E-state index in [1.54, 1.807) is 0 Å². The number of carbonyl (C=O) groups is 1. The van der Waals surface area contributed by atoms with Gasteiger partial charge >= 0.3 is 168 Å². The number of ether oxygens (including phenoxy) is 1. The third kappa shape index (κ3) is 11.7. The summed E-state index contributed by atoms with van der Waals surface area (Å²) in [7, 11) is 0. The third-order valence-corrected chi connectivity index (χ3v) is 20.1. The van der Waals surface area contributed by atoms with Crippen LogP contribution in [0.1, 0.15) is 86.5 Å². The van der Waals surface area contributed by atoms with Crippen molar-refractivity contribution in [3.63, 3.8) is 0 Å². The Morgan fingerprint density at radius 1 is 0.923 bits per heavy atom. The summed E-state index contributed by atoms with van der Waals surface area (Å²) in [5, 5.41) is 0. The Morgan fingerprint density at radius 2 is 1.38 bits per heavy atom. The molecule has 1 amide bonds. The van der Waals surface area contributed by atoms with Gasteiger partial charge in [0.15, 0.2) is 0 Å². The van der Waals surface area contributed by atoms with Gasteiger partial charge in [0.1, 0.15) is 0 Å². The van der Waals surface area contributed by atoms with Crippen LogP contribution in [0.5, 0.6) is 0 Å². The molecule has 0 saturated carbocycles. The first-order valence-corrected chi connectivity index (χ1v) is 19.0. The number of hydrogen-bond donors (Lipinski definition) is 1. The van der Waals surface area contributed by atoms with E-state index >= 15 is 0 Å². The molecule has 0 aromatic carbocycles. The molecule has 0 bridgehead atoms. The number of hydrogen-bond acceptors (Lipinski definition) is 3. The molecule has 26 heavy (non-hydrogen) atoms. The van der Waals surface area contributed by atoms with Crippen molar-refractivity contribution in [1.82, 2.24) is 4.90 Å². The number of amides is 1. The predicted octanol–water partition coefficient (Wildman–Crippen LogP) is 5.96. The second kappa shape index (κ2) is 14.1. The maximum absolute atomic E-state index is 12.9. The van der Waals surface area contributed by atoms with E-state index < -0.39 is 24.0 Å². The quantitative estimate of drug-likeness (QED) is 0.314. The minimum absolute atomic E-state index is 0.128. The van der Waals surface area contributed by atoms with Crippen molar-refractivity contribution < 1.29 is 9.53 Å². The molecule has 0 heterocycles. The van der Waals surface area contributed by atoms with Crippen LogP contribution in [-0.4, -0.2) is 52.6 Å². The third-order valence-electron chi connectivity index (χ3n) is 4.99. The zero-order chi connectivity index (χ0) is 20.1. The van der Waals surface area contributed by atoms with Gasteiger partial charge in [-0.3, -0.25) is 0 Å². The molecule has 0 aliphatic heterocycles. The Labute approximate surface area is 167 Å². The van der Waals surface area contributed by atoms with Gasteiger partial charge in [-0.2, -0.15) is 0 Å². The molecule has 0 aliphatic rings. The summed E-state index contributed by atoms with van der Waals surface area (Å²) in [5.74, 6) is 0. The molecule has 156 valence electrons. The van der Waals surface area contributed by atoms with Crippen LogP contribution in [0.25, 0.3) is 0 Å². The Balaban J connectivity index is 5.40. The second-order valence-corrected chi connectivity index (χ2v) is 22.6. The SMILES string of the molecule is CCC[CH2][Sn]([CH2]CCC)([CH2]CCC)[CH2]N(CCCN)C(=O)OC(C)(C)C. The van der Waals surface area contributed by atoms with Gasteiger partial charge in [-0.1, -0.05) is 0 Å². The van der Waals surface area contributed by atoms with Crippen molar-refractivity contribution in [2.45, 2.75) is 105 Å². The fourth-order valence-corrected chi connectivity index (χ4v) is 19.6. The monoisotopic (exact) mass is 478 g/mol. The van der Waals surface area contributed by atoms with Gasteiger partial charge in [0.2, 0.25) is 0 Å². The molecule has 0 spiro atoms. The van der Waals surface area contributed by atoms with Gasteiger partial charge in [-0.15, -0.1) is 0 Å². The zero-order valence-corrected chi connectivity index (χ0v) is 21.4. The molecule has 0 saturated heterocycles. The average molecular weight is 477 g/mol. The van der Waals surface area contributed by atoms with Crippen LogP contribution in [0.2, 0.25) is 13.3 Å². The van der Waals surface area contributed by atoms with E-state index in [2.05, 4.69) is 20.8 Å². The summed E-state index contributed by atoms with van der Waals surface area (Å²) in [6.07, 6.45) is 8.46. The first-order valence-electron chi connectivity index (χ1n) is 10.9. The molecule has 0 unspecified atom stereocenters. The number of nitrogens with two attached hydrogens (primary N) is 1. The molecule has 2 N–H and O–H groups in total. The van der Waals surface area contributed by atoms with Gasteiger partial charge in [0, 0.05) is 0 Å². The Morgan fingerprint density at radius 3 is 1.73 bits per heavy atom. The van der Waals surface area contributed by atoms with E-state index in [0.29, 0.717) is 6.54 Å². The van der Waals surface area contributed by atoms with Crippen LogP contribution < -0.4 is 5.73 Å². The van der Waals surface area contributed by atoms with E-state index in [-0.39, 0.29) is 6.09 Å². The van der Waals surface area contributed by atoms with Gasteiger partial charge in [-0.25, -0.2) is 0 Å². The molecule has 0 radical (unpaired) electrons. The molecule has 5 heteroatoms. The normalized spacial score (nSPS) is 12.3. The van der Waals surface area contributed by atoms with Crippen molar-refractivity contribution in [2.75, 3.05) is 17.7 Å². The van der Waals surface area contributed by atoms with Crippen LogP contribution in [0.3, 0.4) is 0 Å². The fourth-order valence-electron chi connectivity index (χ4n) is 3.52. The van der Waals surface area contributed by atoms with E-state index in [1.165, 1.54) is 51.8 Å². The molecular formula is C21H46N2O2Sn. The van der Waals surface area contributed by atoms with Crippen molar-refractivity contribution in [3.05, 3.63) is 0 Å².